The fourth-order valence-electron chi connectivity index (χ4n) is 2.32. The van der Waals surface area contributed by atoms with Crippen molar-refractivity contribution >= 4 is 49.6 Å². The number of benzene rings is 1. The largest absolute Gasteiger partial charge is 0.505 e. The van der Waals surface area contributed by atoms with Gasteiger partial charge in [0, 0.05) is 45.3 Å². The molecule has 5 nitrogen and oxygen atoms in total. The number of thioether (sulfide) groups is 1. The molecule has 3 rings (SSSR count). The zero-order chi connectivity index (χ0) is 18.1. The fourth-order valence-corrected chi connectivity index (χ4v) is 5.47. The predicted octanol–water partition coefficient (Wildman–Crippen LogP) is 4.81. The number of thiazole rings is 1. The Morgan fingerprint density at radius 2 is 1.81 bits per heavy atom. The molecule has 2 aromatic rings. The molecule has 0 amide bonds. The molecule has 0 spiro atoms. The summed E-state index contributed by atoms with van der Waals surface area (Å²) in [5.74, 6) is 0.0596. The third kappa shape index (κ3) is 4.35. The molecule has 1 aromatic heterocycles. The third-order valence-corrected chi connectivity index (χ3v) is 7.36. The summed E-state index contributed by atoms with van der Waals surface area (Å²) in [6, 6.07) is 7.11. The Hall–Kier alpha value is -0.406. The van der Waals surface area contributed by atoms with Crippen LogP contribution in [0.25, 0.3) is 10.7 Å². The molecule has 0 atom stereocenters. The molecule has 2 heterocycles. The zero-order valence-corrected chi connectivity index (χ0v) is 21.1. The first-order chi connectivity index (χ1) is 11.4. The van der Waals surface area contributed by atoms with E-state index in [9.17, 15) is 13.5 Å². The monoisotopic (exact) mass is 488 g/mol. The Bertz CT molecular complexity index is 892. The van der Waals surface area contributed by atoms with Crippen LogP contribution in [0.3, 0.4) is 0 Å². The molecular formula is C17H23N2O3S3Y-. The molecule has 1 aliphatic rings. The van der Waals surface area contributed by atoms with E-state index in [1.54, 1.807) is 12.1 Å². The Morgan fingerprint density at radius 1 is 1.23 bits per heavy atom. The average molecular weight is 488 g/mol. The van der Waals surface area contributed by atoms with Gasteiger partial charge >= 0.3 is 0 Å². The Labute approximate surface area is 189 Å². The molecule has 1 N–H and O–H groups in total. The van der Waals surface area contributed by atoms with Gasteiger partial charge in [0.1, 0.15) is 9.78 Å². The van der Waals surface area contributed by atoms with Gasteiger partial charge in [-0.1, -0.05) is 49.9 Å². The number of rotatable bonds is 2. The molecule has 1 aliphatic heterocycles. The number of nitrogens with zero attached hydrogens (tertiary/aromatic N) is 2. The van der Waals surface area contributed by atoms with Crippen LogP contribution in [-0.4, -0.2) is 31.8 Å². The molecule has 9 heteroatoms. The Kier molecular flexibility index (Phi) is 10.1. The summed E-state index contributed by atoms with van der Waals surface area (Å²) in [6.45, 7) is 5.82. The van der Waals surface area contributed by atoms with Gasteiger partial charge in [-0.3, -0.25) is 4.31 Å². The number of fused-ring (bicyclic) bond motifs is 1. The topological polar surface area (TPSA) is 70.5 Å². The van der Waals surface area contributed by atoms with Crippen molar-refractivity contribution in [3.8, 4) is 0 Å². The van der Waals surface area contributed by atoms with Gasteiger partial charge in [0.2, 0.25) is 0 Å². The van der Waals surface area contributed by atoms with Crippen LogP contribution in [0, 0.1) is 14.4 Å². The number of aryl methyl sites for hydroxylation is 1. The van der Waals surface area contributed by atoms with Crippen molar-refractivity contribution in [2.45, 2.75) is 25.1 Å². The maximum absolute atomic E-state index is 12.8. The Morgan fingerprint density at radius 3 is 2.35 bits per heavy atom. The van der Waals surface area contributed by atoms with Crippen LogP contribution >= 0.6 is 23.1 Å². The van der Waals surface area contributed by atoms with Crippen molar-refractivity contribution in [1.82, 2.24) is 4.98 Å². The van der Waals surface area contributed by atoms with E-state index in [1.165, 1.54) is 30.1 Å². The maximum atomic E-state index is 12.8. The molecule has 0 unspecified atom stereocenters. The molecule has 1 radical (unpaired) electrons. The summed E-state index contributed by atoms with van der Waals surface area (Å²) >= 11 is 2.71. The van der Waals surface area contributed by atoms with Crippen molar-refractivity contribution < 1.29 is 46.2 Å². The van der Waals surface area contributed by atoms with Crippen molar-refractivity contribution in [1.29, 1.82) is 0 Å². The number of anilines is 1. The van der Waals surface area contributed by atoms with Gasteiger partial charge in [-0.05, 0) is 18.7 Å². The van der Waals surface area contributed by atoms with Gasteiger partial charge < -0.3 is 12.5 Å². The molecule has 26 heavy (non-hydrogen) atoms. The van der Waals surface area contributed by atoms with Crippen LogP contribution in [-0.2, 0) is 42.7 Å². The summed E-state index contributed by atoms with van der Waals surface area (Å²) in [4.78, 5) is 4.71. The minimum atomic E-state index is -3.84. The number of aliphatic hydroxyl groups is 1. The van der Waals surface area contributed by atoms with Gasteiger partial charge in [0.25, 0.3) is 10.0 Å². The van der Waals surface area contributed by atoms with E-state index >= 15 is 0 Å². The van der Waals surface area contributed by atoms with Crippen molar-refractivity contribution in [3.63, 3.8) is 0 Å². The van der Waals surface area contributed by atoms with E-state index in [0.29, 0.717) is 14.8 Å². The summed E-state index contributed by atoms with van der Waals surface area (Å²) in [5.41, 5.74) is 1.30. The van der Waals surface area contributed by atoms with Crippen LogP contribution < -0.4 is 4.31 Å². The van der Waals surface area contributed by atoms with Gasteiger partial charge in [0.05, 0.1) is 0 Å². The van der Waals surface area contributed by atoms with Crippen LogP contribution in [0.2, 0.25) is 0 Å². The second-order valence-corrected chi connectivity index (χ2v) is 8.76. The van der Waals surface area contributed by atoms with Gasteiger partial charge in [-0.15, -0.1) is 11.3 Å². The minimum absolute atomic E-state index is 0. The van der Waals surface area contributed by atoms with Crippen LogP contribution in [0.4, 0.5) is 5.82 Å². The standard InChI is InChI=1S/C14H14N2O3S3.C2H6.CH3.Y/c1-8-6-4-5-7-9(8)12-10(17)11-13(15-14(20-3)21-11)16(2)22(12,18)19;1-2;;/h4-7,17H,1-3H3;1-2H3;1H3;/q;;-1;. The second-order valence-electron chi connectivity index (χ2n) is 4.80. The van der Waals surface area contributed by atoms with E-state index in [2.05, 4.69) is 4.98 Å². The third-order valence-electron chi connectivity index (χ3n) is 3.50. The molecular weight excluding hydrogens is 465 g/mol. The van der Waals surface area contributed by atoms with Gasteiger partial charge in [-0.25, -0.2) is 13.4 Å². The average Bonchev–Trinajstić information content (AvgIpc) is 3.01. The van der Waals surface area contributed by atoms with E-state index in [1.807, 2.05) is 39.2 Å². The van der Waals surface area contributed by atoms with Crippen molar-refractivity contribution in [2.75, 3.05) is 17.6 Å². The first-order valence-corrected chi connectivity index (χ1v) is 10.9. The number of hydrogen-bond donors (Lipinski definition) is 1. The summed E-state index contributed by atoms with van der Waals surface area (Å²) in [6.07, 6.45) is 1.86. The molecule has 0 fully saturated rings. The van der Waals surface area contributed by atoms with Crippen molar-refractivity contribution in [3.05, 3.63) is 47.7 Å². The zero-order valence-electron chi connectivity index (χ0n) is 15.8. The molecule has 0 saturated heterocycles. The van der Waals surface area contributed by atoms with E-state index < -0.39 is 10.0 Å². The SMILES string of the molecule is CC.CSc1nc2c(s1)C(O)=C(c1ccccc1C)S(=O)(=O)N2C.[CH3-].[Y]. The second kappa shape index (κ2) is 10.2. The fraction of sp³-hybridized carbons (Fsp3) is 0.294. The summed E-state index contributed by atoms with van der Waals surface area (Å²) in [5, 5.41) is 10.6. The first kappa shape index (κ1) is 25.6. The van der Waals surface area contributed by atoms with E-state index in [4.69, 9.17) is 0 Å². The first-order valence-electron chi connectivity index (χ1n) is 7.41. The van der Waals surface area contributed by atoms with E-state index in [0.717, 1.165) is 9.87 Å². The number of sulfonamides is 1. The van der Waals surface area contributed by atoms with Gasteiger partial charge in [0.15, 0.2) is 15.9 Å². The summed E-state index contributed by atoms with van der Waals surface area (Å²) in [7, 11) is -2.38. The summed E-state index contributed by atoms with van der Waals surface area (Å²) < 4.78 is 27.5. The minimum Gasteiger partial charge on any atom is -0.505 e. The quantitative estimate of drug-likeness (QED) is 0.485. The Balaban J connectivity index is 0.00000151. The molecule has 0 bridgehead atoms. The van der Waals surface area contributed by atoms with Crippen LogP contribution in [0.5, 0.6) is 0 Å². The van der Waals surface area contributed by atoms with E-state index in [-0.39, 0.29) is 56.6 Å². The normalized spacial score (nSPS) is 14.4. The number of aliphatic hydroxyl groups excluding tert-OH is 1. The van der Waals surface area contributed by atoms with Gasteiger partial charge in [-0.2, -0.15) is 0 Å². The van der Waals surface area contributed by atoms with Crippen molar-refractivity contribution in [2.24, 2.45) is 0 Å². The number of aromatic nitrogens is 1. The predicted molar refractivity (Wildman–Crippen MR) is 110 cm³/mol. The van der Waals surface area contributed by atoms with Crippen LogP contribution in [0.1, 0.15) is 29.9 Å². The number of hydrogen-bond acceptors (Lipinski definition) is 6. The molecule has 141 valence electrons. The van der Waals surface area contributed by atoms with Crippen LogP contribution in [0.15, 0.2) is 28.6 Å². The molecule has 0 aliphatic carbocycles. The smallest absolute Gasteiger partial charge is 0.269 e. The molecule has 1 aromatic carbocycles. The molecule has 0 saturated carbocycles. The maximum Gasteiger partial charge on any atom is 0.269 e.